The van der Waals surface area contributed by atoms with Gasteiger partial charge in [-0.3, -0.25) is 9.59 Å². The molecule has 0 radical (unpaired) electrons. The smallest absolute Gasteiger partial charge is 0.240 e. The van der Waals surface area contributed by atoms with Crippen molar-refractivity contribution in [3.8, 4) is 0 Å². The number of aromatic amines is 1. The highest BCUT2D eigenvalue weighted by Gasteiger charge is 2.28. The molecule has 0 fully saturated rings. The van der Waals surface area contributed by atoms with E-state index >= 15 is 0 Å². The molecule has 6 nitrogen and oxygen atoms in total. The largest absolute Gasteiger partial charge is 0.368 e. The van der Waals surface area contributed by atoms with E-state index in [1.165, 1.54) is 4.90 Å². The normalized spacial score (nSPS) is 13.7. The van der Waals surface area contributed by atoms with Crippen LogP contribution < -0.4 is 11.5 Å². The summed E-state index contributed by atoms with van der Waals surface area (Å²) in [5, 5.41) is 1.06. The molecule has 0 bridgehead atoms. The lowest BCUT2D eigenvalue weighted by molar-refractivity contribution is -0.139. The third-order valence-electron chi connectivity index (χ3n) is 4.06. The number of fused-ring (bicyclic) bond motifs is 1. The molecular weight excluding hydrogens is 292 g/mol. The van der Waals surface area contributed by atoms with Crippen LogP contribution in [-0.4, -0.2) is 40.3 Å². The maximum Gasteiger partial charge on any atom is 0.240 e. The average Bonchev–Trinajstić information content (AvgIpc) is 2.94. The lowest BCUT2D eigenvalue weighted by Crippen LogP contribution is -2.52. The Balaban J connectivity index is 2.16. The fourth-order valence-corrected chi connectivity index (χ4v) is 2.73. The Bertz CT molecular complexity index is 695. The number of H-pyrrole nitrogens is 1. The van der Waals surface area contributed by atoms with Crippen LogP contribution in [0.3, 0.4) is 0 Å². The molecule has 5 N–H and O–H groups in total. The molecule has 0 unspecified atom stereocenters. The first kappa shape index (κ1) is 17.0. The second kappa shape index (κ2) is 7.28. The van der Waals surface area contributed by atoms with E-state index in [4.69, 9.17) is 11.5 Å². The van der Waals surface area contributed by atoms with Crippen LogP contribution in [0.25, 0.3) is 10.9 Å². The van der Waals surface area contributed by atoms with Crippen molar-refractivity contribution in [2.24, 2.45) is 11.5 Å². The summed E-state index contributed by atoms with van der Waals surface area (Å²) in [5.41, 5.74) is 13.5. The Hall–Kier alpha value is -2.34. The number of aromatic nitrogens is 1. The minimum absolute atomic E-state index is 0.247. The van der Waals surface area contributed by atoms with Crippen molar-refractivity contribution in [3.05, 3.63) is 36.0 Å². The van der Waals surface area contributed by atoms with Crippen molar-refractivity contribution >= 4 is 22.7 Å². The van der Waals surface area contributed by atoms with Crippen LogP contribution in [0.5, 0.6) is 0 Å². The monoisotopic (exact) mass is 316 g/mol. The summed E-state index contributed by atoms with van der Waals surface area (Å²) in [7, 11) is 0. The van der Waals surface area contributed by atoms with Crippen molar-refractivity contribution in [2.75, 3.05) is 6.54 Å². The molecule has 0 aliphatic heterocycles. The molecule has 0 spiro atoms. The van der Waals surface area contributed by atoms with Gasteiger partial charge in [-0.2, -0.15) is 0 Å². The molecule has 1 heterocycles. The number of nitrogens with two attached hydrogens (primary N) is 2. The average molecular weight is 316 g/mol. The fraction of sp³-hybridized carbons (Fsp3) is 0.412. The summed E-state index contributed by atoms with van der Waals surface area (Å²) in [4.78, 5) is 28.7. The molecule has 2 aromatic rings. The van der Waals surface area contributed by atoms with Crippen molar-refractivity contribution in [2.45, 2.75) is 38.8 Å². The van der Waals surface area contributed by atoms with Crippen LogP contribution in [0.4, 0.5) is 0 Å². The number of para-hydroxylation sites is 1. The lowest BCUT2D eigenvalue weighted by Gasteiger charge is -2.29. The summed E-state index contributed by atoms with van der Waals surface area (Å²) in [6, 6.07) is 6.51. The lowest BCUT2D eigenvalue weighted by atomic mass is 10.0. The molecule has 2 atom stereocenters. The van der Waals surface area contributed by atoms with E-state index < -0.39 is 18.0 Å². The molecule has 0 aliphatic carbocycles. The van der Waals surface area contributed by atoms with Crippen molar-refractivity contribution in [3.63, 3.8) is 0 Å². The first-order chi connectivity index (χ1) is 11.0. The van der Waals surface area contributed by atoms with Gasteiger partial charge in [0.1, 0.15) is 6.04 Å². The Labute approximate surface area is 135 Å². The van der Waals surface area contributed by atoms with Crippen LogP contribution in [0.15, 0.2) is 30.5 Å². The number of nitrogens with zero attached hydrogens (tertiary/aromatic N) is 1. The summed E-state index contributed by atoms with van der Waals surface area (Å²) < 4.78 is 0. The maximum atomic E-state index is 12.6. The first-order valence-electron chi connectivity index (χ1n) is 7.86. The topological polar surface area (TPSA) is 105 Å². The number of benzene rings is 1. The van der Waals surface area contributed by atoms with Crippen molar-refractivity contribution in [1.82, 2.24) is 9.88 Å². The van der Waals surface area contributed by atoms with Gasteiger partial charge in [-0.25, -0.2) is 0 Å². The molecular formula is C17H24N4O2. The van der Waals surface area contributed by atoms with E-state index in [0.29, 0.717) is 13.0 Å². The van der Waals surface area contributed by atoms with E-state index in [9.17, 15) is 9.59 Å². The molecule has 1 aromatic heterocycles. The highest BCUT2D eigenvalue weighted by molar-refractivity contribution is 5.90. The van der Waals surface area contributed by atoms with Crippen molar-refractivity contribution in [1.29, 1.82) is 0 Å². The summed E-state index contributed by atoms with van der Waals surface area (Å²) >= 11 is 0. The second-order valence-electron chi connectivity index (χ2n) is 5.78. The second-order valence-corrected chi connectivity index (χ2v) is 5.78. The van der Waals surface area contributed by atoms with Crippen LogP contribution in [0, 0.1) is 0 Å². The van der Waals surface area contributed by atoms with Crippen LogP contribution in [0.1, 0.15) is 25.8 Å². The third-order valence-corrected chi connectivity index (χ3v) is 4.06. The Morgan fingerprint density at radius 3 is 2.65 bits per heavy atom. The maximum absolute atomic E-state index is 12.6. The molecule has 124 valence electrons. The van der Waals surface area contributed by atoms with Crippen LogP contribution >= 0.6 is 0 Å². The molecule has 0 saturated heterocycles. The predicted molar refractivity (Wildman–Crippen MR) is 90.6 cm³/mol. The van der Waals surface area contributed by atoms with Crippen LogP contribution in [-0.2, 0) is 16.0 Å². The minimum atomic E-state index is -0.706. The van der Waals surface area contributed by atoms with Gasteiger partial charge in [0.15, 0.2) is 0 Å². The van der Waals surface area contributed by atoms with Gasteiger partial charge in [-0.1, -0.05) is 25.1 Å². The predicted octanol–water partition coefficient (Wildman–Crippen LogP) is 1.15. The van der Waals surface area contributed by atoms with Gasteiger partial charge in [-0.05, 0) is 31.4 Å². The Kier molecular flexibility index (Phi) is 5.39. The number of hydrogen-bond donors (Lipinski definition) is 3. The highest BCUT2D eigenvalue weighted by atomic mass is 16.2. The van der Waals surface area contributed by atoms with E-state index in [1.54, 1.807) is 6.92 Å². The highest BCUT2D eigenvalue weighted by Crippen LogP contribution is 2.19. The fourth-order valence-electron chi connectivity index (χ4n) is 2.73. The molecule has 0 saturated carbocycles. The van der Waals surface area contributed by atoms with Crippen LogP contribution in [0.2, 0.25) is 0 Å². The van der Waals surface area contributed by atoms with E-state index in [1.807, 2.05) is 37.4 Å². The van der Waals surface area contributed by atoms with Gasteiger partial charge in [0.2, 0.25) is 11.8 Å². The summed E-state index contributed by atoms with van der Waals surface area (Å²) in [5.74, 6) is -0.769. The van der Waals surface area contributed by atoms with E-state index in [2.05, 4.69) is 4.98 Å². The number of carbonyl (C=O) groups is 2. The zero-order valence-corrected chi connectivity index (χ0v) is 13.6. The molecule has 0 aliphatic rings. The molecule has 23 heavy (non-hydrogen) atoms. The molecule has 2 rings (SSSR count). The van der Waals surface area contributed by atoms with Gasteiger partial charge in [-0.15, -0.1) is 0 Å². The Morgan fingerprint density at radius 2 is 2.00 bits per heavy atom. The standard InChI is InChI=1S/C17H24N4O2/c1-3-8-21(11(2)16(19)22)17(23)14(18)9-12-10-20-15-7-5-4-6-13(12)15/h4-7,10-11,14,20H,3,8-9,18H2,1-2H3,(H2,19,22)/t11-,14-/m0/s1. The molecule has 2 amide bonds. The molecule has 1 aromatic carbocycles. The molecule has 6 heteroatoms. The van der Waals surface area contributed by atoms with Gasteiger partial charge >= 0.3 is 0 Å². The zero-order valence-electron chi connectivity index (χ0n) is 13.6. The first-order valence-corrected chi connectivity index (χ1v) is 7.86. The quantitative estimate of drug-likeness (QED) is 0.713. The van der Waals surface area contributed by atoms with Gasteiger partial charge in [0, 0.05) is 23.6 Å². The SMILES string of the molecule is CCCN(C(=O)[C@@H](N)Cc1c[nH]c2ccccc12)[C@@H](C)C(N)=O. The van der Waals surface area contributed by atoms with Gasteiger partial charge in [0.05, 0.1) is 6.04 Å². The minimum Gasteiger partial charge on any atom is -0.368 e. The van der Waals surface area contributed by atoms with Crippen molar-refractivity contribution < 1.29 is 9.59 Å². The number of primary amides is 1. The van der Waals surface area contributed by atoms with Gasteiger partial charge < -0.3 is 21.4 Å². The number of rotatable bonds is 7. The third kappa shape index (κ3) is 3.71. The van der Waals surface area contributed by atoms with E-state index in [-0.39, 0.29) is 5.91 Å². The Morgan fingerprint density at radius 1 is 1.30 bits per heavy atom. The summed E-state index contributed by atoms with van der Waals surface area (Å²) in [6.07, 6.45) is 3.02. The number of carbonyl (C=O) groups excluding carboxylic acids is 2. The van der Waals surface area contributed by atoms with Gasteiger partial charge in [0.25, 0.3) is 0 Å². The number of hydrogen-bond acceptors (Lipinski definition) is 3. The zero-order chi connectivity index (χ0) is 17.0. The number of amides is 2. The number of nitrogens with one attached hydrogen (secondary N) is 1. The summed E-state index contributed by atoms with van der Waals surface area (Å²) in [6.45, 7) is 4.04. The van der Waals surface area contributed by atoms with E-state index in [0.717, 1.165) is 22.9 Å².